The van der Waals surface area contributed by atoms with E-state index in [1.807, 2.05) is 0 Å². The van der Waals surface area contributed by atoms with Crippen LogP contribution in [0, 0.1) is 10.1 Å². The number of fused-ring (bicyclic) bond motifs is 1. The van der Waals surface area contributed by atoms with Crippen LogP contribution in [0.3, 0.4) is 0 Å². The molecule has 1 aromatic heterocycles. The average Bonchev–Trinajstić information content (AvgIpc) is 3.02. The number of hydrogen-bond acceptors (Lipinski definition) is 5. The van der Waals surface area contributed by atoms with E-state index >= 15 is 0 Å². The fourth-order valence-corrected chi connectivity index (χ4v) is 2.60. The normalized spacial score (nSPS) is 13.4. The molecule has 0 spiro atoms. The Morgan fingerprint density at radius 1 is 1.31 bits per heavy atom. The Labute approximate surface area is 145 Å². The highest BCUT2D eigenvalue weighted by Gasteiger charge is 2.29. The molecule has 1 amide bonds. The second kappa shape index (κ2) is 6.62. The number of rotatable bonds is 4. The van der Waals surface area contributed by atoms with E-state index in [1.165, 1.54) is 29.2 Å². The zero-order chi connectivity index (χ0) is 18.9. The number of benzene rings is 1. The van der Waals surface area contributed by atoms with Gasteiger partial charge in [0.2, 0.25) is 5.88 Å². The fourth-order valence-electron chi connectivity index (χ4n) is 2.60. The number of nitro groups is 1. The smallest absolute Gasteiger partial charge is 0.422 e. The number of aromatic nitrogens is 1. The maximum Gasteiger partial charge on any atom is 0.422 e. The number of nitro benzene ring substituents is 1. The number of carbonyl (C=O) groups excluding carboxylic acids is 1. The molecule has 3 rings (SSSR count). The van der Waals surface area contributed by atoms with Gasteiger partial charge in [-0.25, -0.2) is 4.98 Å². The molecule has 26 heavy (non-hydrogen) atoms. The number of ether oxygens (including phenoxy) is 1. The lowest BCUT2D eigenvalue weighted by Gasteiger charge is -2.17. The number of carbonyl (C=O) groups is 1. The maximum atomic E-state index is 12.6. The van der Waals surface area contributed by atoms with Crippen molar-refractivity contribution in [3.05, 3.63) is 57.8 Å². The van der Waals surface area contributed by atoms with Gasteiger partial charge < -0.3 is 9.64 Å². The van der Waals surface area contributed by atoms with E-state index in [0.717, 1.165) is 11.8 Å². The Balaban J connectivity index is 1.77. The van der Waals surface area contributed by atoms with Gasteiger partial charge in [-0.2, -0.15) is 13.2 Å². The lowest BCUT2D eigenvalue weighted by molar-refractivity contribution is -0.384. The van der Waals surface area contributed by atoms with Crippen molar-refractivity contribution in [2.45, 2.75) is 12.6 Å². The van der Waals surface area contributed by atoms with Crippen LogP contribution in [0.1, 0.15) is 15.9 Å². The monoisotopic (exact) mass is 367 g/mol. The Hall–Kier alpha value is -3.17. The Bertz CT molecular complexity index is 853. The third-order valence-electron chi connectivity index (χ3n) is 3.79. The van der Waals surface area contributed by atoms with Gasteiger partial charge in [0.25, 0.3) is 11.6 Å². The average molecular weight is 367 g/mol. The van der Waals surface area contributed by atoms with Gasteiger partial charge in [-0.15, -0.1) is 0 Å². The zero-order valence-corrected chi connectivity index (χ0v) is 13.2. The first-order chi connectivity index (χ1) is 12.2. The molecule has 0 N–H and O–H groups in total. The molecule has 1 aromatic carbocycles. The molecule has 0 bridgehead atoms. The second-order valence-electron chi connectivity index (χ2n) is 5.57. The molecular formula is C16H12F3N3O4. The zero-order valence-electron chi connectivity index (χ0n) is 13.2. The number of nitrogens with zero attached hydrogens (tertiary/aromatic N) is 3. The quantitative estimate of drug-likeness (QED) is 0.612. The summed E-state index contributed by atoms with van der Waals surface area (Å²) in [5.74, 6) is -0.699. The first-order valence-corrected chi connectivity index (χ1v) is 7.49. The lowest BCUT2D eigenvalue weighted by Crippen LogP contribution is -2.29. The molecule has 0 saturated heterocycles. The molecule has 0 fully saturated rings. The SMILES string of the molecule is O=C(c1ccc(OCC(F)(F)F)nc1)N1CCc2ccc([N+](=O)[O-])cc21. The molecule has 2 heterocycles. The highest BCUT2D eigenvalue weighted by Crippen LogP contribution is 2.32. The summed E-state index contributed by atoms with van der Waals surface area (Å²) in [5.41, 5.74) is 1.27. The molecule has 7 nitrogen and oxygen atoms in total. The minimum Gasteiger partial charge on any atom is -0.468 e. The number of alkyl halides is 3. The lowest BCUT2D eigenvalue weighted by atomic mass is 10.1. The van der Waals surface area contributed by atoms with Crippen LogP contribution in [0.25, 0.3) is 0 Å². The van der Waals surface area contributed by atoms with Crippen molar-refractivity contribution < 1.29 is 27.6 Å². The summed E-state index contributed by atoms with van der Waals surface area (Å²) in [6.45, 7) is -1.13. The van der Waals surface area contributed by atoms with Gasteiger partial charge in [-0.3, -0.25) is 14.9 Å². The van der Waals surface area contributed by atoms with Gasteiger partial charge in [0.15, 0.2) is 6.61 Å². The maximum absolute atomic E-state index is 12.6. The standard InChI is InChI=1S/C16H12F3N3O4/c17-16(18,19)9-26-14-4-2-11(8-20-14)15(23)21-6-5-10-1-3-12(22(24)25)7-13(10)21/h1-4,7-8H,5-6,9H2. The highest BCUT2D eigenvalue weighted by atomic mass is 19.4. The van der Waals surface area contributed by atoms with Crippen molar-refractivity contribution in [2.24, 2.45) is 0 Å². The summed E-state index contributed by atoms with van der Waals surface area (Å²) in [7, 11) is 0. The van der Waals surface area contributed by atoms with Crippen molar-refractivity contribution in [2.75, 3.05) is 18.1 Å². The minimum atomic E-state index is -4.48. The van der Waals surface area contributed by atoms with E-state index in [9.17, 15) is 28.1 Å². The Kier molecular flexibility index (Phi) is 4.49. The topological polar surface area (TPSA) is 85.6 Å². The van der Waals surface area contributed by atoms with Crippen LogP contribution in [0.2, 0.25) is 0 Å². The third kappa shape index (κ3) is 3.73. The molecule has 0 aliphatic carbocycles. The van der Waals surface area contributed by atoms with E-state index in [-0.39, 0.29) is 17.1 Å². The summed E-state index contributed by atoms with van der Waals surface area (Å²) < 4.78 is 40.9. The van der Waals surface area contributed by atoms with Crippen LogP contribution >= 0.6 is 0 Å². The van der Waals surface area contributed by atoms with Crippen LogP contribution in [-0.4, -0.2) is 35.1 Å². The van der Waals surface area contributed by atoms with Gasteiger partial charge in [0.1, 0.15) is 0 Å². The van der Waals surface area contributed by atoms with Gasteiger partial charge in [0, 0.05) is 30.9 Å². The highest BCUT2D eigenvalue weighted by molar-refractivity contribution is 6.07. The van der Waals surface area contributed by atoms with Crippen molar-refractivity contribution in [1.29, 1.82) is 0 Å². The molecule has 0 radical (unpaired) electrons. The summed E-state index contributed by atoms with van der Waals surface area (Å²) in [6, 6.07) is 6.78. The van der Waals surface area contributed by atoms with E-state index in [1.54, 1.807) is 6.07 Å². The van der Waals surface area contributed by atoms with Gasteiger partial charge in [-0.05, 0) is 18.1 Å². The molecule has 0 unspecified atom stereocenters. The number of non-ortho nitro benzene ring substituents is 1. The van der Waals surface area contributed by atoms with Crippen LogP contribution in [-0.2, 0) is 6.42 Å². The van der Waals surface area contributed by atoms with Gasteiger partial charge >= 0.3 is 6.18 Å². The predicted octanol–water partition coefficient (Wildman–Crippen LogP) is 3.13. The first kappa shape index (κ1) is 17.6. The van der Waals surface area contributed by atoms with Crippen LogP contribution in [0.15, 0.2) is 36.5 Å². The third-order valence-corrected chi connectivity index (χ3v) is 3.79. The number of amides is 1. The van der Waals surface area contributed by atoms with Gasteiger partial charge in [0.05, 0.1) is 16.2 Å². The fraction of sp³-hybridized carbons (Fsp3) is 0.250. The number of pyridine rings is 1. The predicted molar refractivity (Wildman–Crippen MR) is 84.3 cm³/mol. The summed E-state index contributed by atoms with van der Waals surface area (Å²) in [6.07, 6.45) is -2.81. The first-order valence-electron chi connectivity index (χ1n) is 7.49. The van der Waals surface area contributed by atoms with Crippen molar-refractivity contribution in [1.82, 2.24) is 4.98 Å². The summed E-state index contributed by atoms with van der Waals surface area (Å²) >= 11 is 0. The Morgan fingerprint density at radius 2 is 2.08 bits per heavy atom. The van der Waals surface area contributed by atoms with Crippen LogP contribution in [0.5, 0.6) is 5.88 Å². The van der Waals surface area contributed by atoms with E-state index in [4.69, 9.17) is 0 Å². The van der Waals surface area contributed by atoms with Crippen molar-refractivity contribution >= 4 is 17.3 Å². The Morgan fingerprint density at radius 3 is 2.69 bits per heavy atom. The molecular weight excluding hydrogens is 355 g/mol. The van der Waals surface area contributed by atoms with Crippen LogP contribution in [0.4, 0.5) is 24.5 Å². The number of halogens is 3. The van der Waals surface area contributed by atoms with Crippen molar-refractivity contribution in [3.63, 3.8) is 0 Å². The second-order valence-corrected chi connectivity index (χ2v) is 5.57. The molecule has 0 saturated carbocycles. The number of hydrogen-bond donors (Lipinski definition) is 0. The molecule has 1 aliphatic heterocycles. The molecule has 10 heteroatoms. The molecule has 136 valence electrons. The van der Waals surface area contributed by atoms with E-state index < -0.39 is 23.6 Å². The minimum absolute atomic E-state index is 0.127. The summed E-state index contributed by atoms with van der Waals surface area (Å²) in [4.78, 5) is 28.1. The van der Waals surface area contributed by atoms with Crippen LogP contribution < -0.4 is 9.64 Å². The largest absolute Gasteiger partial charge is 0.468 e. The van der Waals surface area contributed by atoms with E-state index in [0.29, 0.717) is 18.7 Å². The molecule has 1 aliphatic rings. The molecule has 0 atom stereocenters. The van der Waals surface area contributed by atoms with Crippen molar-refractivity contribution in [3.8, 4) is 5.88 Å². The molecule has 2 aromatic rings. The summed E-state index contributed by atoms with van der Waals surface area (Å²) in [5, 5.41) is 10.9. The van der Waals surface area contributed by atoms with Gasteiger partial charge in [-0.1, -0.05) is 6.07 Å². The van der Waals surface area contributed by atoms with E-state index in [2.05, 4.69) is 9.72 Å². The number of anilines is 1.